The maximum Gasteiger partial charge on any atom is 0.337 e. The number of ether oxygens (including phenoxy) is 4. The smallest absolute Gasteiger partial charge is 0.337 e. The summed E-state index contributed by atoms with van der Waals surface area (Å²) in [5.41, 5.74) is 0.719. The molecule has 120 valence electrons. The van der Waals surface area contributed by atoms with Crippen molar-refractivity contribution in [3.05, 3.63) is 29.3 Å². The van der Waals surface area contributed by atoms with Crippen molar-refractivity contribution in [3.63, 3.8) is 0 Å². The van der Waals surface area contributed by atoms with Gasteiger partial charge in [-0.15, -0.1) is 0 Å². The summed E-state index contributed by atoms with van der Waals surface area (Å²) in [7, 11) is 2.52. The second kappa shape index (κ2) is 8.14. The summed E-state index contributed by atoms with van der Waals surface area (Å²) in [6.07, 6.45) is -0.794. The fraction of sp³-hybridized carbons (Fsp3) is 0.400. The van der Waals surface area contributed by atoms with Crippen LogP contribution in [0.5, 0.6) is 5.75 Å². The number of carbonyl (C=O) groups excluding carboxylic acids is 3. The Morgan fingerprint density at radius 3 is 2.36 bits per heavy atom. The third kappa shape index (κ3) is 4.85. The highest BCUT2D eigenvalue weighted by Crippen LogP contribution is 2.22. The molecule has 22 heavy (non-hydrogen) atoms. The summed E-state index contributed by atoms with van der Waals surface area (Å²) in [5.74, 6) is -1.32. The quantitative estimate of drug-likeness (QED) is 0.580. The van der Waals surface area contributed by atoms with Gasteiger partial charge in [0, 0.05) is 12.5 Å². The Morgan fingerprint density at radius 2 is 1.82 bits per heavy atom. The lowest BCUT2D eigenvalue weighted by atomic mass is 10.1. The Bertz CT molecular complexity index is 565. The van der Waals surface area contributed by atoms with Crippen molar-refractivity contribution in [2.24, 2.45) is 0 Å². The highest BCUT2D eigenvalue weighted by atomic mass is 16.6. The van der Waals surface area contributed by atoms with Gasteiger partial charge in [-0.3, -0.25) is 4.79 Å². The van der Waals surface area contributed by atoms with Crippen LogP contribution in [0.25, 0.3) is 0 Å². The van der Waals surface area contributed by atoms with E-state index in [4.69, 9.17) is 9.47 Å². The van der Waals surface area contributed by atoms with E-state index in [2.05, 4.69) is 9.47 Å². The Hall–Kier alpha value is -2.41. The Labute approximate surface area is 128 Å². The number of benzene rings is 1. The van der Waals surface area contributed by atoms with Crippen molar-refractivity contribution in [1.29, 1.82) is 0 Å². The van der Waals surface area contributed by atoms with Crippen LogP contribution in [0.2, 0.25) is 0 Å². The van der Waals surface area contributed by atoms with Crippen LogP contribution in [0.15, 0.2) is 18.2 Å². The minimum atomic E-state index is -0.794. The van der Waals surface area contributed by atoms with Crippen molar-refractivity contribution < 1.29 is 33.3 Å². The average molecular weight is 310 g/mol. The lowest BCUT2D eigenvalue weighted by Crippen LogP contribution is -2.22. The predicted molar refractivity (Wildman–Crippen MR) is 75.4 cm³/mol. The molecule has 1 rings (SSSR count). The van der Waals surface area contributed by atoms with Gasteiger partial charge < -0.3 is 18.9 Å². The van der Waals surface area contributed by atoms with Crippen LogP contribution in [0.4, 0.5) is 0 Å². The first kappa shape index (κ1) is 17.6. The van der Waals surface area contributed by atoms with Gasteiger partial charge in [0.15, 0.2) is 6.10 Å². The third-order valence-corrected chi connectivity index (χ3v) is 2.76. The summed E-state index contributed by atoms with van der Waals surface area (Å²) >= 11 is 0. The molecule has 0 saturated carbocycles. The fourth-order valence-electron chi connectivity index (χ4n) is 1.64. The molecule has 0 unspecified atom stereocenters. The lowest BCUT2D eigenvalue weighted by Gasteiger charge is -2.14. The highest BCUT2D eigenvalue weighted by molar-refractivity contribution is 5.89. The molecular formula is C15H18O7. The summed E-state index contributed by atoms with van der Waals surface area (Å²) < 4.78 is 19.6. The van der Waals surface area contributed by atoms with E-state index >= 15 is 0 Å². The van der Waals surface area contributed by atoms with Crippen molar-refractivity contribution in [2.45, 2.75) is 26.6 Å². The fourth-order valence-corrected chi connectivity index (χ4v) is 1.64. The summed E-state index contributed by atoms with van der Waals surface area (Å²) in [5, 5.41) is 0. The Morgan fingerprint density at radius 1 is 1.14 bits per heavy atom. The van der Waals surface area contributed by atoms with Crippen molar-refractivity contribution in [2.75, 3.05) is 14.2 Å². The number of carbonyl (C=O) groups is 3. The molecule has 0 aliphatic carbocycles. The molecule has 0 bridgehead atoms. The van der Waals surface area contributed by atoms with Gasteiger partial charge in [0.25, 0.3) is 0 Å². The van der Waals surface area contributed by atoms with E-state index in [1.165, 1.54) is 46.3 Å². The molecule has 0 spiro atoms. The molecule has 0 aromatic heterocycles. The zero-order valence-electron chi connectivity index (χ0n) is 12.9. The zero-order chi connectivity index (χ0) is 16.7. The molecule has 0 aliphatic heterocycles. The van der Waals surface area contributed by atoms with Crippen molar-refractivity contribution >= 4 is 17.9 Å². The van der Waals surface area contributed by atoms with Crippen LogP contribution in [0, 0.1) is 0 Å². The summed E-state index contributed by atoms with van der Waals surface area (Å²) in [6, 6.07) is 4.42. The highest BCUT2D eigenvalue weighted by Gasteiger charge is 2.17. The van der Waals surface area contributed by atoms with Gasteiger partial charge in [-0.25, -0.2) is 9.59 Å². The van der Waals surface area contributed by atoms with Gasteiger partial charge >= 0.3 is 17.9 Å². The van der Waals surface area contributed by atoms with Gasteiger partial charge in [-0.05, 0) is 25.1 Å². The molecule has 0 heterocycles. The van der Waals surface area contributed by atoms with E-state index in [9.17, 15) is 14.4 Å². The molecule has 0 saturated heterocycles. The van der Waals surface area contributed by atoms with Crippen molar-refractivity contribution in [3.8, 4) is 5.75 Å². The second-order valence-electron chi connectivity index (χ2n) is 4.38. The predicted octanol–water partition coefficient (Wildman–Crippen LogP) is 1.48. The van der Waals surface area contributed by atoms with Gasteiger partial charge in [-0.1, -0.05) is 0 Å². The van der Waals surface area contributed by atoms with Crippen LogP contribution in [0.1, 0.15) is 29.8 Å². The zero-order valence-corrected chi connectivity index (χ0v) is 12.9. The number of rotatable bonds is 6. The summed E-state index contributed by atoms with van der Waals surface area (Å²) in [6.45, 7) is 2.75. The topological polar surface area (TPSA) is 88.1 Å². The van der Waals surface area contributed by atoms with Gasteiger partial charge in [0.2, 0.25) is 0 Å². The molecule has 0 aliphatic rings. The van der Waals surface area contributed by atoms with E-state index in [0.29, 0.717) is 5.56 Å². The number of methoxy groups -OCH3 is 2. The molecule has 7 nitrogen and oxygen atoms in total. The number of hydrogen-bond acceptors (Lipinski definition) is 7. The first-order valence-electron chi connectivity index (χ1n) is 6.48. The molecule has 7 heteroatoms. The van der Waals surface area contributed by atoms with E-state index in [-0.39, 0.29) is 17.9 Å². The number of esters is 3. The molecule has 0 radical (unpaired) electrons. The average Bonchev–Trinajstić information content (AvgIpc) is 2.51. The standard InChI is InChI=1S/C15H18O7/c1-9(14(17)19-3)21-8-12-7-11(15(18)20-4)5-6-13(12)22-10(2)16/h5-7,9H,8H2,1-4H3/t9-/m1/s1. The Balaban J connectivity index is 2.98. The largest absolute Gasteiger partial charge is 0.467 e. The molecule has 0 amide bonds. The molecule has 1 aromatic carbocycles. The van der Waals surface area contributed by atoms with Crippen LogP contribution < -0.4 is 4.74 Å². The normalized spacial score (nSPS) is 11.5. The van der Waals surface area contributed by atoms with Gasteiger partial charge in [0.1, 0.15) is 5.75 Å². The molecular weight excluding hydrogens is 292 g/mol. The second-order valence-corrected chi connectivity index (χ2v) is 4.38. The maximum atomic E-state index is 11.5. The molecule has 0 fully saturated rings. The van der Waals surface area contributed by atoms with Crippen LogP contribution in [-0.4, -0.2) is 38.2 Å². The van der Waals surface area contributed by atoms with Crippen molar-refractivity contribution in [1.82, 2.24) is 0 Å². The van der Waals surface area contributed by atoms with Gasteiger partial charge in [-0.2, -0.15) is 0 Å². The Kier molecular flexibility index (Phi) is 6.52. The van der Waals surface area contributed by atoms with Gasteiger partial charge in [0.05, 0.1) is 26.4 Å². The number of hydrogen-bond donors (Lipinski definition) is 0. The van der Waals surface area contributed by atoms with Crippen LogP contribution >= 0.6 is 0 Å². The molecule has 1 aromatic rings. The van der Waals surface area contributed by atoms with E-state index in [0.717, 1.165) is 0 Å². The van der Waals surface area contributed by atoms with E-state index in [1.54, 1.807) is 0 Å². The molecule has 1 atom stereocenters. The van der Waals surface area contributed by atoms with Crippen LogP contribution in [0.3, 0.4) is 0 Å². The van der Waals surface area contributed by atoms with Crippen LogP contribution in [-0.2, 0) is 30.4 Å². The third-order valence-electron chi connectivity index (χ3n) is 2.76. The van der Waals surface area contributed by atoms with E-state index in [1.807, 2.05) is 0 Å². The molecule has 0 N–H and O–H groups in total. The lowest BCUT2D eigenvalue weighted by molar-refractivity contribution is -0.153. The summed E-state index contributed by atoms with van der Waals surface area (Å²) in [4.78, 5) is 34.0. The van der Waals surface area contributed by atoms with E-state index < -0.39 is 24.0 Å². The first-order valence-corrected chi connectivity index (χ1v) is 6.48. The SMILES string of the molecule is COC(=O)c1ccc(OC(C)=O)c(CO[C@H](C)C(=O)OC)c1. The minimum absolute atomic E-state index is 0.0380. The maximum absolute atomic E-state index is 11.5. The monoisotopic (exact) mass is 310 g/mol. The first-order chi connectivity index (χ1) is 10.4. The minimum Gasteiger partial charge on any atom is -0.467 e.